The van der Waals surface area contributed by atoms with Crippen molar-refractivity contribution in [3.05, 3.63) is 0 Å². The normalized spacial score (nSPS) is 10.1. The van der Waals surface area contributed by atoms with Gasteiger partial charge in [-0.2, -0.15) is 23.5 Å². The number of hydrogen-bond donors (Lipinski definition) is 0. The summed E-state index contributed by atoms with van der Waals surface area (Å²) in [5.74, 6) is 0.341. The predicted molar refractivity (Wildman–Crippen MR) is 166 cm³/mol. The number of carbonyl (C=O) groups excluding carboxylic acids is 2. The minimum atomic E-state index is -0.943. The fourth-order valence-electron chi connectivity index (χ4n) is 3.69. The van der Waals surface area contributed by atoms with Crippen molar-refractivity contribution in [1.29, 1.82) is 0 Å². The Labute approximate surface area is 250 Å². The fourth-order valence-corrected chi connectivity index (χ4v) is 5.13. The molecule has 0 aromatic heterocycles. The van der Waals surface area contributed by atoms with Gasteiger partial charge in [-0.05, 0) is 24.3 Å². The second-order valence-corrected chi connectivity index (χ2v) is 14.8. The van der Waals surface area contributed by atoms with E-state index in [1.54, 1.807) is 0 Å². The van der Waals surface area contributed by atoms with Crippen molar-refractivity contribution in [2.24, 2.45) is 0 Å². The van der Waals surface area contributed by atoms with Crippen LogP contribution in [0.25, 0.3) is 0 Å². The molecule has 0 aliphatic rings. The molecule has 0 heterocycles. The third-order valence-corrected chi connectivity index (χ3v) is 7.76. The van der Waals surface area contributed by atoms with Crippen LogP contribution in [0.15, 0.2) is 0 Å². The number of carboxylic acid groups (broad SMARTS) is 2. The van der Waals surface area contributed by atoms with Crippen molar-refractivity contribution in [3.63, 3.8) is 0 Å². The Morgan fingerprint density at radius 2 is 0.703 bits per heavy atom. The van der Waals surface area contributed by atoms with Gasteiger partial charge in [-0.25, -0.2) is 0 Å². The molecule has 0 rings (SSSR count). The van der Waals surface area contributed by atoms with Gasteiger partial charge in [0.15, 0.2) is 0 Å². The zero-order valence-electron chi connectivity index (χ0n) is 24.9. The van der Waals surface area contributed by atoms with E-state index < -0.39 is 11.9 Å². The van der Waals surface area contributed by atoms with Gasteiger partial charge in [0.1, 0.15) is 0 Å². The van der Waals surface area contributed by atoms with Gasteiger partial charge in [-0.15, -0.1) is 0 Å². The van der Waals surface area contributed by atoms with Gasteiger partial charge in [-0.1, -0.05) is 129 Å². The van der Waals surface area contributed by atoms with E-state index in [9.17, 15) is 19.8 Å². The van der Waals surface area contributed by atoms with Crippen LogP contribution in [-0.2, 0) is 9.59 Å². The maximum absolute atomic E-state index is 10.1. The molecule has 0 aliphatic heterocycles. The average molecular weight is 668 g/mol. The van der Waals surface area contributed by atoms with E-state index in [0.29, 0.717) is 0 Å². The monoisotopic (exact) mass is 668 g/mol. The summed E-state index contributed by atoms with van der Waals surface area (Å²) in [4.78, 5) is 24.9. The molecule has 0 aromatic rings. The quantitative estimate of drug-likeness (QED) is 0.0700. The van der Waals surface area contributed by atoms with Crippen LogP contribution in [0, 0.1) is 0 Å². The Morgan fingerprint density at radius 3 is 0.919 bits per heavy atom. The van der Waals surface area contributed by atoms with E-state index in [4.69, 9.17) is 0 Å². The first-order valence-electron chi connectivity index (χ1n) is 15.1. The number of aliphatic carboxylic acids is 2. The van der Waals surface area contributed by atoms with E-state index in [0.717, 1.165) is 24.3 Å². The SMILES string of the molecule is CCCCCCCCCCCCSCC(=O)[O-].CCCCCCCCCCCCSCC(=O)[O-].[CH3][Sn+2][CH3]. The summed E-state index contributed by atoms with van der Waals surface area (Å²) in [5.41, 5.74) is 0. The number of hydrogen-bond acceptors (Lipinski definition) is 6. The Hall–Kier alpha value is 0.439. The molecule has 0 saturated carbocycles. The molecule has 0 radical (unpaired) electrons. The van der Waals surface area contributed by atoms with Crippen LogP contribution in [0.3, 0.4) is 0 Å². The summed E-state index contributed by atoms with van der Waals surface area (Å²) in [6.07, 6.45) is 26.6. The van der Waals surface area contributed by atoms with Crippen LogP contribution in [-0.4, -0.2) is 56.1 Å². The molecular formula is C30H60O4S2Sn. The van der Waals surface area contributed by atoms with Crippen LogP contribution in [0.5, 0.6) is 0 Å². The topological polar surface area (TPSA) is 80.3 Å². The molecule has 220 valence electrons. The molecule has 4 nitrogen and oxygen atoms in total. The van der Waals surface area contributed by atoms with Crippen LogP contribution in [0.1, 0.15) is 142 Å². The van der Waals surface area contributed by atoms with Gasteiger partial charge in [0.25, 0.3) is 0 Å². The number of thioether (sulfide) groups is 2. The maximum atomic E-state index is 10.1. The second kappa shape index (κ2) is 40.9. The number of carboxylic acids is 2. The standard InChI is InChI=1S/2C14H28O2S.2CH3.Sn/c2*1-2-3-4-5-6-7-8-9-10-11-12-17-13-14(15)16;;;/h2*2-13H2,1H3,(H,15,16);2*1H3;/q;;;;+2/p-2. The van der Waals surface area contributed by atoms with Crippen LogP contribution in [0.2, 0.25) is 9.88 Å². The molecule has 0 spiro atoms. The van der Waals surface area contributed by atoms with E-state index in [-0.39, 0.29) is 32.6 Å². The Bertz CT molecular complexity index is 402. The van der Waals surface area contributed by atoms with Crippen molar-refractivity contribution in [2.45, 2.75) is 152 Å². The zero-order valence-corrected chi connectivity index (χ0v) is 29.4. The number of carbonyl (C=O) groups is 2. The third kappa shape index (κ3) is 53.4. The van der Waals surface area contributed by atoms with E-state index in [1.807, 2.05) is 0 Å². The van der Waals surface area contributed by atoms with E-state index in [2.05, 4.69) is 23.7 Å². The van der Waals surface area contributed by atoms with Gasteiger partial charge in [0.05, 0.1) is 11.9 Å². The van der Waals surface area contributed by atoms with Crippen molar-refractivity contribution in [1.82, 2.24) is 0 Å². The summed E-state index contributed by atoms with van der Waals surface area (Å²) in [6, 6.07) is 0. The van der Waals surface area contributed by atoms with Crippen molar-refractivity contribution < 1.29 is 19.8 Å². The third-order valence-electron chi connectivity index (χ3n) is 5.72. The summed E-state index contributed by atoms with van der Waals surface area (Å²) in [7, 11) is 0. The first-order chi connectivity index (χ1) is 18.0. The molecule has 0 fully saturated rings. The van der Waals surface area contributed by atoms with Crippen molar-refractivity contribution >= 4 is 56.6 Å². The molecule has 37 heavy (non-hydrogen) atoms. The predicted octanol–water partition coefficient (Wildman–Crippen LogP) is 7.57. The summed E-state index contributed by atoms with van der Waals surface area (Å²) in [6.45, 7) is 4.50. The molecule has 0 unspecified atom stereocenters. The summed E-state index contributed by atoms with van der Waals surface area (Å²) < 4.78 is 0. The molecular weight excluding hydrogens is 607 g/mol. The molecule has 0 atom stereocenters. The average Bonchev–Trinajstić information content (AvgIpc) is 2.86. The Balaban J connectivity index is -0.000000564. The summed E-state index contributed by atoms with van der Waals surface area (Å²) in [5, 5.41) is 20.3. The van der Waals surface area contributed by atoms with E-state index >= 15 is 0 Å². The first-order valence-corrected chi connectivity index (χ1v) is 23.1. The summed E-state index contributed by atoms with van der Waals surface area (Å²) >= 11 is 3.18. The first kappa shape index (κ1) is 41.9. The minimum absolute atomic E-state index is 0.150. The fraction of sp³-hybridized carbons (Fsp3) is 0.933. The number of rotatable bonds is 26. The molecule has 0 saturated heterocycles. The Kier molecular flexibility index (Phi) is 46.4. The number of unbranched alkanes of at least 4 members (excludes halogenated alkanes) is 18. The van der Waals surface area contributed by atoms with Gasteiger partial charge < -0.3 is 19.8 Å². The van der Waals surface area contributed by atoms with Crippen LogP contribution >= 0.6 is 23.5 Å². The Morgan fingerprint density at radius 1 is 0.486 bits per heavy atom. The van der Waals surface area contributed by atoms with Gasteiger partial charge in [0.2, 0.25) is 0 Å². The molecule has 0 bridgehead atoms. The molecule has 0 aromatic carbocycles. The zero-order chi connectivity index (χ0) is 28.2. The molecule has 7 heteroatoms. The van der Waals surface area contributed by atoms with Gasteiger partial charge >= 0.3 is 31.0 Å². The van der Waals surface area contributed by atoms with E-state index in [1.165, 1.54) is 139 Å². The molecule has 0 amide bonds. The second-order valence-electron chi connectivity index (χ2n) is 9.71. The van der Waals surface area contributed by atoms with Crippen LogP contribution < -0.4 is 10.2 Å². The van der Waals surface area contributed by atoms with Gasteiger partial charge in [0, 0.05) is 11.5 Å². The van der Waals surface area contributed by atoms with Crippen molar-refractivity contribution in [3.8, 4) is 0 Å². The van der Waals surface area contributed by atoms with Crippen LogP contribution in [0.4, 0.5) is 0 Å². The molecule has 0 N–H and O–H groups in total. The van der Waals surface area contributed by atoms with Crippen molar-refractivity contribution in [2.75, 3.05) is 23.0 Å². The van der Waals surface area contributed by atoms with Gasteiger partial charge in [-0.3, -0.25) is 0 Å². The molecule has 0 aliphatic carbocycles.